The van der Waals surface area contributed by atoms with Gasteiger partial charge in [0, 0.05) is 23.5 Å². The van der Waals surface area contributed by atoms with Crippen LogP contribution in [0.2, 0.25) is 5.02 Å². The normalized spacial score (nSPS) is 23.7. The molecule has 1 aromatic rings. The van der Waals surface area contributed by atoms with Crippen LogP contribution in [-0.4, -0.2) is 64.2 Å². The highest BCUT2D eigenvalue weighted by Crippen LogP contribution is 2.40. The topological polar surface area (TPSA) is 76.5 Å². The van der Waals surface area contributed by atoms with Crippen molar-refractivity contribution in [1.29, 1.82) is 0 Å². The van der Waals surface area contributed by atoms with Crippen molar-refractivity contribution < 1.29 is 14.4 Å². The smallest absolute Gasteiger partial charge is 0.302 e. The quantitative estimate of drug-likeness (QED) is 0.758. The Hall–Kier alpha value is -2.87. The van der Waals surface area contributed by atoms with Crippen molar-refractivity contribution in [2.24, 2.45) is 4.99 Å². The lowest BCUT2D eigenvalue weighted by Crippen LogP contribution is -2.65. The largest absolute Gasteiger partial charge is 0.328 e. The molecule has 2 atom stereocenters. The number of anilines is 1. The number of fused-ring (bicyclic) bond motifs is 3. The molecule has 152 valence electrons. The van der Waals surface area contributed by atoms with Gasteiger partial charge in [0.1, 0.15) is 5.78 Å². The fourth-order valence-electron chi connectivity index (χ4n) is 4.01. The zero-order valence-corrected chi connectivity index (χ0v) is 17.7. The van der Waals surface area contributed by atoms with Gasteiger partial charge < -0.3 is 4.90 Å². The zero-order chi connectivity index (χ0) is 21.2. The Balaban J connectivity index is 1.78. The number of nitrogens with zero attached hydrogens (tertiary/aromatic N) is 5. The number of carbonyl (C=O) groups excluding carboxylic acids is 3. The number of urea groups is 1. The Morgan fingerprint density at radius 1 is 1.17 bits per heavy atom. The predicted octanol–water partition coefficient (Wildman–Crippen LogP) is 2.57. The maximum absolute atomic E-state index is 13.2. The summed E-state index contributed by atoms with van der Waals surface area (Å²) in [5.41, 5.74) is 3.59. The number of hydrogen-bond donors (Lipinski definition) is 0. The number of likely N-dealkylation sites (N-methyl/N-ethyl adjacent to an activating group) is 1. The summed E-state index contributed by atoms with van der Waals surface area (Å²) in [7, 11) is 1.60. The summed E-state index contributed by atoms with van der Waals surface area (Å²) < 4.78 is 0. The van der Waals surface area contributed by atoms with Gasteiger partial charge in [-0.25, -0.2) is 9.79 Å². The molecule has 3 amide bonds. The number of allylic oxidation sites excluding steroid dienone is 2. The van der Waals surface area contributed by atoms with E-state index < -0.39 is 24.1 Å². The molecule has 3 aliphatic rings. The molecule has 1 fully saturated rings. The maximum Gasteiger partial charge on any atom is 0.328 e. The van der Waals surface area contributed by atoms with Crippen LogP contribution in [0.4, 0.5) is 10.5 Å². The number of hydrogen-bond acceptors (Lipinski definition) is 6. The molecular weight excluding hydrogens is 394 g/mol. The molecular formula is C20H22ClN5O3. The first-order valence-corrected chi connectivity index (χ1v) is 9.69. The second-order valence-corrected chi connectivity index (χ2v) is 8.02. The number of guanidine groups is 1. The van der Waals surface area contributed by atoms with Crippen molar-refractivity contribution in [3.05, 3.63) is 40.2 Å². The van der Waals surface area contributed by atoms with Crippen molar-refractivity contribution in [2.45, 2.75) is 39.9 Å². The van der Waals surface area contributed by atoms with Crippen LogP contribution in [0.3, 0.4) is 0 Å². The highest BCUT2D eigenvalue weighted by Gasteiger charge is 2.56. The van der Waals surface area contributed by atoms with Crippen molar-refractivity contribution in [2.75, 3.05) is 18.5 Å². The van der Waals surface area contributed by atoms with E-state index in [9.17, 15) is 14.4 Å². The molecule has 2 unspecified atom stereocenters. The summed E-state index contributed by atoms with van der Waals surface area (Å²) in [5.74, 6) is -0.0888. The number of rotatable bonds is 3. The highest BCUT2D eigenvalue weighted by atomic mass is 35.5. The van der Waals surface area contributed by atoms with Crippen molar-refractivity contribution in [1.82, 2.24) is 14.7 Å². The maximum atomic E-state index is 13.2. The average Bonchev–Trinajstić information content (AvgIpc) is 3.15. The van der Waals surface area contributed by atoms with Crippen LogP contribution in [0.1, 0.15) is 26.3 Å². The first-order valence-electron chi connectivity index (χ1n) is 9.32. The molecule has 0 saturated carbocycles. The minimum Gasteiger partial charge on any atom is -0.302 e. The summed E-state index contributed by atoms with van der Waals surface area (Å²) in [6, 6.07) is 4.53. The van der Waals surface area contributed by atoms with Gasteiger partial charge in [0.05, 0.1) is 12.2 Å². The van der Waals surface area contributed by atoms with Crippen LogP contribution in [0.5, 0.6) is 0 Å². The summed E-state index contributed by atoms with van der Waals surface area (Å²) >= 11 is 6.33. The van der Waals surface area contributed by atoms with Crippen LogP contribution >= 0.6 is 11.6 Å². The number of amides is 3. The van der Waals surface area contributed by atoms with Crippen molar-refractivity contribution in [3.63, 3.8) is 0 Å². The summed E-state index contributed by atoms with van der Waals surface area (Å²) in [5, 5.41) is 0.637. The number of aryl methyl sites for hydroxylation is 1. The van der Waals surface area contributed by atoms with Gasteiger partial charge in [-0.1, -0.05) is 17.7 Å². The Morgan fingerprint density at radius 3 is 2.48 bits per heavy atom. The molecule has 0 aliphatic carbocycles. The second kappa shape index (κ2) is 6.59. The molecule has 8 nitrogen and oxygen atoms in total. The molecule has 0 spiro atoms. The lowest BCUT2D eigenvalue weighted by molar-refractivity contribution is -0.139. The minimum absolute atomic E-state index is 0.243. The fraction of sp³-hybridized carbons (Fsp3) is 0.400. The first-order chi connectivity index (χ1) is 13.6. The van der Waals surface area contributed by atoms with E-state index in [1.165, 1.54) is 11.8 Å². The number of ketones is 1. The molecule has 0 aromatic heterocycles. The third-order valence-electron chi connectivity index (χ3n) is 5.69. The summed E-state index contributed by atoms with van der Waals surface area (Å²) in [6.07, 6.45) is -0.653. The van der Waals surface area contributed by atoms with E-state index in [0.29, 0.717) is 11.0 Å². The number of benzene rings is 1. The van der Waals surface area contributed by atoms with E-state index in [1.54, 1.807) is 7.05 Å². The standard InChI is InChI=1S/C20H22ClN5O3/c1-10-6-7-14(8-15(10)21)25-12(3)13(4)26-16-17(22-19(25)26)23(5)20(29)24(18(16)28)9-11(2)27/h6-8,16-17H,9H2,1-5H3. The predicted molar refractivity (Wildman–Crippen MR) is 109 cm³/mol. The van der Waals surface area contributed by atoms with E-state index in [4.69, 9.17) is 16.6 Å². The number of halogens is 1. The van der Waals surface area contributed by atoms with E-state index in [0.717, 1.165) is 27.5 Å². The second-order valence-electron chi connectivity index (χ2n) is 7.62. The third kappa shape index (κ3) is 2.73. The van der Waals surface area contributed by atoms with Crippen LogP contribution < -0.4 is 4.90 Å². The Labute approximate surface area is 174 Å². The molecule has 29 heavy (non-hydrogen) atoms. The minimum atomic E-state index is -0.701. The lowest BCUT2D eigenvalue weighted by Gasteiger charge is -2.40. The third-order valence-corrected chi connectivity index (χ3v) is 6.09. The SMILES string of the molecule is CC(=O)CN1C(=O)C2C(N=C3N(c4ccc(C)c(Cl)c4)C(C)=C(C)N32)N(C)C1=O. The van der Waals surface area contributed by atoms with Crippen molar-refractivity contribution >= 4 is 41.0 Å². The van der Waals surface area contributed by atoms with Gasteiger partial charge in [0.15, 0.2) is 12.2 Å². The fourth-order valence-corrected chi connectivity index (χ4v) is 4.19. The first kappa shape index (κ1) is 19.4. The number of Topliss-reactive ketones (excluding diaryl/α,β-unsaturated/α-hetero) is 1. The molecule has 9 heteroatoms. The Bertz CT molecular complexity index is 1020. The summed E-state index contributed by atoms with van der Waals surface area (Å²) in [4.78, 5) is 48.4. The Morgan fingerprint density at radius 2 is 1.86 bits per heavy atom. The van der Waals surface area contributed by atoms with E-state index in [1.807, 2.05) is 48.8 Å². The average molecular weight is 416 g/mol. The van der Waals surface area contributed by atoms with Gasteiger partial charge in [-0.15, -0.1) is 0 Å². The van der Waals surface area contributed by atoms with Crippen LogP contribution in [0.15, 0.2) is 34.6 Å². The molecule has 0 bridgehead atoms. The van der Waals surface area contributed by atoms with Crippen LogP contribution in [-0.2, 0) is 9.59 Å². The van der Waals surface area contributed by atoms with E-state index >= 15 is 0 Å². The summed E-state index contributed by atoms with van der Waals surface area (Å²) in [6.45, 7) is 6.92. The number of carbonyl (C=O) groups is 3. The number of aliphatic imine (C=N–C) groups is 1. The van der Waals surface area contributed by atoms with Gasteiger partial charge in [-0.05, 0) is 45.4 Å². The molecule has 0 radical (unpaired) electrons. The van der Waals surface area contributed by atoms with Gasteiger partial charge in [-0.3, -0.25) is 24.3 Å². The molecule has 1 aromatic carbocycles. The highest BCUT2D eigenvalue weighted by molar-refractivity contribution is 6.31. The molecule has 0 N–H and O–H groups in total. The Kier molecular flexibility index (Phi) is 4.42. The van der Waals surface area contributed by atoms with Crippen LogP contribution in [0, 0.1) is 6.92 Å². The van der Waals surface area contributed by atoms with E-state index in [-0.39, 0.29) is 12.3 Å². The molecule has 3 heterocycles. The number of imide groups is 1. The van der Waals surface area contributed by atoms with Gasteiger partial charge in [0.25, 0.3) is 5.91 Å². The van der Waals surface area contributed by atoms with Gasteiger partial charge >= 0.3 is 6.03 Å². The monoisotopic (exact) mass is 415 g/mol. The molecule has 1 saturated heterocycles. The molecule has 4 rings (SSSR count). The van der Waals surface area contributed by atoms with Gasteiger partial charge in [0.2, 0.25) is 5.96 Å². The molecule has 3 aliphatic heterocycles. The van der Waals surface area contributed by atoms with E-state index in [2.05, 4.69) is 0 Å². The zero-order valence-electron chi connectivity index (χ0n) is 16.9. The van der Waals surface area contributed by atoms with Crippen molar-refractivity contribution in [3.8, 4) is 0 Å². The van der Waals surface area contributed by atoms with Crippen LogP contribution in [0.25, 0.3) is 0 Å². The van der Waals surface area contributed by atoms with Gasteiger partial charge in [-0.2, -0.15) is 0 Å². The lowest BCUT2D eigenvalue weighted by atomic mass is 10.1.